The van der Waals surface area contributed by atoms with Crippen LogP contribution in [0.4, 0.5) is 0 Å². The number of hydrogen-bond donors (Lipinski definition) is 3. The van der Waals surface area contributed by atoms with Crippen LogP contribution in [0, 0.1) is 0 Å². The third-order valence-electron chi connectivity index (χ3n) is 3.68. The van der Waals surface area contributed by atoms with E-state index in [1.807, 2.05) is 6.07 Å². The van der Waals surface area contributed by atoms with Gasteiger partial charge in [0.15, 0.2) is 0 Å². The maximum atomic E-state index is 12.2. The molecule has 3 N–H and O–H groups in total. The lowest BCUT2D eigenvalue weighted by molar-refractivity contribution is -0.115. The van der Waals surface area contributed by atoms with Crippen molar-refractivity contribution in [3.05, 3.63) is 56.5 Å². The number of nitrogens with zero attached hydrogens (tertiary/aromatic N) is 1. The van der Waals surface area contributed by atoms with Gasteiger partial charge in [-0.05, 0) is 73.7 Å². The van der Waals surface area contributed by atoms with Crippen LogP contribution in [0.1, 0.15) is 11.1 Å². The van der Waals surface area contributed by atoms with Gasteiger partial charge in [-0.15, -0.1) is 0 Å². The summed E-state index contributed by atoms with van der Waals surface area (Å²) in [6, 6.07) is 10.5. The van der Waals surface area contributed by atoms with Crippen LogP contribution in [0.25, 0.3) is 0 Å². The number of halogens is 2. The summed E-state index contributed by atoms with van der Waals surface area (Å²) < 4.78 is 6.52. The van der Waals surface area contributed by atoms with Gasteiger partial charge in [0.25, 0.3) is 5.91 Å². The fourth-order valence-electron chi connectivity index (χ4n) is 2.30. The van der Waals surface area contributed by atoms with Gasteiger partial charge in [0.1, 0.15) is 17.2 Å². The first-order valence-electron chi connectivity index (χ1n) is 7.73. The number of aromatic hydroxyl groups is 1. The molecule has 0 unspecified atom stereocenters. The summed E-state index contributed by atoms with van der Waals surface area (Å²) in [5.74, 6) is 0.413. The Labute approximate surface area is 168 Å². The van der Waals surface area contributed by atoms with Crippen LogP contribution in [0.5, 0.6) is 11.5 Å². The Balaban J connectivity index is 1.92. The molecule has 0 saturated carbocycles. The van der Waals surface area contributed by atoms with Gasteiger partial charge >= 0.3 is 0 Å². The minimum absolute atomic E-state index is 0.0222. The number of methoxy groups -OCH3 is 1. The second-order valence-corrected chi connectivity index (χ2v) is 7.19. The quantitative estimate of drug-likeness (QED) is 0.317. The average molecular weight is 486 g/mol. The Hall–Kier alpha value is -2.06. The molecule has 138 valence electrons. The molecular weight excluding hydrogens is 468 g/mol. The molecule has 0 fully saturated rings. The van der Waals surface area contributed by atoms with E-state index in [1.165, 1.54) is 0 Å². The number of rotatable bonds is 7. The number of phenols is 1. The van der Waals surface area contributed by atoms with Crippen LogP contribution in [0.2, 0.25) is 0 Å². The SMILES string of the molecule is COc1ccc(C/C(=N\O)C(=O)NCCc2ccc(O)c(Br)c2)cc1Br. The van der Waals surface area contributed by atoms with Crippen LogP contribution in [-0.2, 0) is 17.6 Å². The van der Waals surface area contributed by atoms with Crippen molar-refractivity contribution < 1.29 is 19.8 Å². The highest BCUT2D eigenvalue weighted by molar-refractivity contribution is 9.10. The number of hydrogen-bond acceptors (Lipinski definition) is 5. The first kappa shape index (κ1) is 20.3. The lowest BCUT2D eigenvalue weighted by Gasteiger charge is -2.09. The van der Waals surface area contributed by atoms with Crippen molar-refractivity contribution in [2.24, 2.45) is 5.16 Å². The van der Waals surface area contributed by atoms with Crippen molar-refractivity contribution in [1.29, 1.82) is 0 Å². The smallest absolute Gasteiger partial charge is 0.269 e. The highest BCUT2D eigenvalue weighted by atomic mass is 79.9. The minimum atomic E-state index is -0.433. The van der Waals surface area contributed by atoms with Gasteiger partial charge in [0.2, 0.25) is 0 Å². The predicted molar refractivity (Wildman–Crippen MR) is 106 cm³/mol. The number of oxime groups is 1. The molecular formula is C18H18Br2N2O4. The van der Waals surface area contributed by atoms with Crippen molar-refractivity contribution in [3.63, 3.8) is 0 Å². The van der Waals surface area contributed by atoms with E-state index < -0.39 is 5.91 Å². The van der Waals surface area contributed by atoms with E-state index in [0.29, 0.717) is 23.2 Å². The first-order chi connectivity index (χ1) is 12.4. The zero-order valence-electron chi connectivity index (χ0n) is 14.0. The fourth-order valence-corrected chi connectivity index (χ4v) is 3.32. The van der Waals surface area contributed by atoms with Crippen molar-refractivity contribution >= 4 is 43.5 Å². The highest BCUT2D eigenvalue weighted by Gasteiger charge is 2.14. The summed E-state index contributed by atoms with van der Waals surface area (Å²) in [6.07, 6.45) is 0.771. The van der Waals surface area contributed by atoms with Crippen molar-refractivity contribution in [2.75, 3.05) is 13.7 Å². The number of nitrogens with one attached hydrogen (secondary N) is 1. The number of carbonyl (C=O) groups excluding carboxylic acids is 1. The number of phenolic OH excluding ortho intramolecular Hbond substituents is 1. The van der Waals surface area contributed by atoms with Crippen LogP contribution < -0.4 is 10.1 Å². The van der Waals surface area contributed by atoms with Gasteiger partial charge in [0.05, 0.1) is 16.1 Å². The molecule has 8 heteroatoms. The molecule has 0 aliphatic carbocycles. The molecule has 0 radical (unpaired) electrons. The molecule has 0 aliphatic rings. The summed E-state index contributed by atoms with van der Waals surface area (Å²) in [7, 11) is 1.57. The van der Waals surface area contributed by atoms with Gasteiger partial charge in [-0.3, -0.25) is 4.79 Å². The van der Waals surface area contributed by atoms with E-state index in [9.17, 15) is 9.90 Å². The number of ether oxygens (including phenoxy) is 1. The van der Waals surface area contributed by atoms with E-state index >= 15 is 0 Å². The van der Waals surface area contributed by atoms with E-state index in [-0.39, 0.29) is 17.9 Å². The summed E-state index contributed by atoms with van der Waals surface area (Å²) in [5, 5.41) is 24.5. The molecule has 1 amide bonds. The van der Waals surface area contributed by atoms with Gasteiger partial charge in [0, 0.05) is 13.0 Å². The van der Waals surface area contributed by atoms with Crippen LogP contribution in [-0.4, -0.2) is 35.6 Å². The van der Waals surface area contributed by atoms with E-state index in [4.69, 9.17) is 9.94 Å². The maximum absolute atomic E-state index is 12.2. The number of benzene rings is 2. The van der Waals surface area contributed by atoms with Gasteiger partial charge in [-0.1, -0.05) is 17.3 Å². The summed E-state index contributed by atoms with van der Waals surface area (Å²) in [6.45, 7) is 0.376. The molecule has 26 heavy (non-hydrogen) atoms. The van der Waals surface area contributed by atoms with E-state index in [0.717, 1.165) is 15.6 Å². The zero-order valence-corrected chi connectivity index (χ0v) is 17.2. The average Bonchev–Trinajstić information content (AvgIpc) is 2.62. The van der Waals surface area contributed by atoms with Crippen LogP contribution in [0.3, 0.4) is 0 Å². The Kier molecular flexibility index (Phi) is 7.47. The Morgan fingerprint density at radius 1 is 1.15 bits per heavy atom. The Bertz CT molecular complexity index is 825. The molecule has 0 aliphatic heterocycles. The van der Waals surface area contributed by atoms with Gasteiger partial charge < -0.3 is 20.4 Å². The van der Waals surface area contributed by atoms with Crippen LogP contribution in [0.15, 0.2) is 50.5 Å². The highest BCUT2D eigenvalue weighted by Crippen LogP contribution is 2.26. The standard InChI is InChI=1S/C18H18Br2N2O4/c1-26-17-5-3-12(9-14(17)20)10-15(22-25)18(24)21-7-6-11-2-4-16(23)13(19)8-11/h2-5,8-9,23,25H,6-7,10H2,1H3,(H,21,24)/b22-15+. The fraction of sp³-hybridized carbons (Fsp3) is 0.222. The van der Waals surface area contributed by atoms with Crippen molar-refractivity contribution in [1.82, 2.24) is 5.32 Å². The van der Waals surface area contributed by atoms with E-state index in [1.54, 1.807) is 37.4 Å². The second-order valence-electron chi connectivity index (χ2n) is 5.48. The largest absolute Gasteiger partial charge is 0.507 e. The molecule has 2 aromatic rings. The molecule has 2 aromatic carbocycles. The number of carbonyl (C=O) groups is 1. The topological polar surface area (TPSA) is 91.2 Å². The molecule has 6 nitrogen and oxygen atoms in total. The predicted octanol–water partition coefficient (Wildman–Crippen LogP) is 3.66. The monoisotopic (exact) mass is 484 g/mol. The third kappa shape index (κ3) is 5.47. The molecule has 2 rings (SSSR count). The van der Waals surface area contributed by atoms with E-state index in [2.05, 4.69) is 42.3 Å². The summed E-state index contributed by atoms with van der Waals surface area (Å²) >= 11 is 6.64. The van der Waals surface area contributed by atoms with Gasteiger partial charge in [-0.2, -0.15) is 0 Å². The molecule has 0 heterocycles. The minimum Gasteiger partial charge on any atom is -0.507 e. The summed E-state index contributed by atoms with van der Waals surface area (Å²) in [5.41, 5.74) is 1.79. The lowest BCUT2D eigenvalue weighted by Crippen LogP contribution is -2.33. The lowest BCUT2D eigenvalue weighted by atomic mass is 10.1. The maximum Gasteiger partial charge on any atom is 0.269 e. The molecule has 0 saturated heterocycles. The van der Waals surface area contributed by atoms with Crippen molar-refractivity contribution in [2.45, 2.75) is 12.8 Å². The van der Waals surface area contributed by atoms with Crippen LogP contribution >= 0.6 is 31.9 Å². The third-order valence-corrected chi connectivity index (χ3v) is 4.94. The Morgan fingerprint density at radius 2 is 1.85 bits per heavy atom. The normalized spacial score (nSPS) is 11.3. The molecule has 0 atom stereocenters. The second kappa shape index (κ2) is 9.59. The van der Waals surface area contributed by atoms with Crippen molar-refractivity contribution in [3.8, 4) is 11.5 Å². The molecule has 0 bridgehead atoms. The van der Waals surface area contributed by atoms with Gasteiger partial charge in [-0.25, -0.2) is 0 Å². The molecule has 0 spiro atoms. The zero-order chi connectivity index (χ0) is 19.1. The summed E-state index contributed by atoms with van der Waals surface area (Å²) in [4.78, 5) is 12.2. The Morgan fingerprint density at radius 3 is 2.46 bits per heavy atom. The first-order valence-corrected chi connectivity index (χ1v) is 9.32. The molecule has 0 aromatic heterocycles. The number of amides is 1.